The van der Waals surface area contributed by atoms with E-state index >= 15 is 0 Å². The molecule has 3 rings (SSSR count). The van der Waals surface area contributed by atoms with Crippen LogP contribution in [0.25, 0.3) is 0 Å². The minimum atomic E-state index is -3.54. The quantitative estimate of drug-likeness (QED) is 0.814. The van der Waals surface area contributed by atoms with Crippen LogP contribution in [0.1, 0.15) is 43.9 Å². The topological polar surface area (TPSA) is 62.3 Å². The maximum atomic E-state index is 12.5. The van der Waals surface area contributed by atoms with E-state index in [2.05, 4.69) is 21.7 Å². The van der Waals surface area contributed by atoms with Crippen LogP contribution in [-0.4, -0.2) is 26.5 Å². The average molecular weight is 380 g/mol. The van der Waals surface area contributed by atoms with E-state index in [0.29, 0.717) is 15.9 Å². The predicted octanol–water partition coefficient (Wildman–Crippen LogP) is 4.28. The molecule has 0 aromatic carbocycles. The minimum absolute atomic E-state index is 0.341. The molecule has 25 heavy (non-hydrogen) atoms. The molecule has 2 aromatic heterocycles. The predicted molar refractivity (Wildman–Crippen MR) is 104 cm³/mol. The van der Waals surface area contributed by atoms with Crippen LogP contribution in [0.3, 0.4) is 0 Å². The van der Waals surface area contributed by atoms with Crippen LogP contribution in [0.2, 0.25) is 0 Å². The van der Waals surface area contributed by atoms with Gasteiger partial charge in [0.2, 0.25) is 0 Å². The zero-order valence-electron chi connectivity index (χ0n) is 14.7. The highest BCUT2D eigenvalue weighted by Crippen LogP contribution is 2.27. The maximum Gasteiger partial charge on any atom is 0.271 e. The molecule has 7 heteroatoms. The highest BCUT2D eigenvalue weighted by Gasteiger charge is 2.20. The van der Waals surface area contributed by atoms with Gasteiger partial charge in [-0.25, -0.2) is 13.4 Å². The van der Waals surface area contributed by atoms with E-state index in [-0.39, 0.29) is 0 Å². The third-order valence-corrected chi connectivity index (χ3v) is 7.84. The molecule has 0 bridgehead atoms. The fourth-order valence-electron chi connectivity index (χ4n) is 3.21. The van der Waals surface area contributed by atoms with Crippen molar-refractivity contribution in [1.82, 2.24) is 4.98 Å². The van der Waals surface area contributed by atoms with Gasteiger partial charge in [0.1, 0.15) is 10.0 Å². The Labute approximate surface area is 154 Å². The van der Waals surface area contributed by atoms with Gasteiger partial charge < -0.3 is 4.90 Å². The van der Waals surface area contributed by atoms with E-state index in [1.54, 1.807) is 18.3 Å². The highest BCUT2D eigenvalue weighted by atomic mass is 32.2. The molecule has 1 aliphatic carbocycles. The van der Waals surface area contributed by atoms with Crippen molar-refractivity contribution in [3.8, 4) is 0 Å². The second-order valence-corrected chi connectivity index (χ2v) is 9.57. The number of anilines is 2. The van der Waals surface area contributed by atoms with Gasteiger partial charge in [-0.3, -0.25) is 4.72 Å². The summed E-state index contributed by atoms with van der Waals surface area (Å²) in [6, 6.07) is 7.72. The zero-order chi connectivity index (χ0) is 17.9. The molecular formula is C18H25N3O2S2. The monoisotopic (exact) mass is 379 g/mol. The minimum Gasteiger partial charge on any atom is -0.357 e. The van der Waals surface area contributed by atoms with Gasteiger partial charge in [0.15, 0.2) is 0 Å². The lowest BCUT2D eigenvalue weighted by molar-refractivity contribution is 0.426. The van der Waals surface area contributed by atoms with Gasteiger partial charge in [-0.2, -0.15) is 0 Å². The number of rotatable bonds is 6. The largest absolute Gasteiger partial charge is 0.357 e. The smallest absolute Gasteiger partial charge is 0.271 e. The lowest BCUT2D eigenvalue weighted by atomic mass is 9.94. The molecule has 1 N–H and O–H groups in total. The molecule has 5 nitrogen and oxygen atoms in total. The van der Waals surface area contributed by atoms with Gasteiger partial charge in [0.25, 0.3) is 10.0 Å². The molecule has 2 aromatic rings. The Balaban J connectivity index is 1.69. The molecule has 2 heterocycles. The average Bonchev–Trinajstić information content (AvgIpc) is 3.12. The Morgan fingerprint density at radius 3 is 2.56 bits per heavy atom. The summed E-state index contributed by atoms with van der Waals surface area (Å²) in [7, 11) is -1.47. The number of aryl methyl sites for hydroxylation is 1. The molecule has 1 saturated carbocycles. The lowest BCUT2D eigenvalue weighted by Crippen LogP contribution is -2.33. The first-order valence-electron chi connectivity index (χ1n) is 8.80. The van der Waals surface area contributed by atoms with E-state index in [4.69, 9.17) is 0 Å². The first-order valence-corrected chi connectivity index (χ1v) is 11.1. The number of nitrogens with zero attached hydrogens (tertiary/aromatic N) is 2. The third-order valence-electron chi connectivity index (χ3n) is 4.73. The molecule has 1 aliphatic rings. The zero-order valence-corrected chi connectivity index (χ0v) is 16.4. The fourth-order valence-corrected chi connectivity index (χ4v) is 5.55. The van der Waals surface area contributed by atoms with Crippen molar-refractivity contribution >= 4 is 32.9 Å². The van der Waals surface area contributed by atoms with Crippen molar-refractivity contribution in [2.75, 3.05) is 16.7 Å². The van der Waals surface area contributed by atoms with Gasteiger partial charge >= 0.3 is 0 Å². The molecule has 0 radical (unpaired) electrons. The molecule has 1 fully saturated rings. The van der Waals surface area contributed by atoms with Crippen LogP contribution in [0, 0.1) is 0 Å². The van der Waals surface area contributed by atoms with Crippen molar-refractivity contribution < 1.29 is 8.42 Å². The summed E-state index contributed by atoms with van der Waals surface area (Å²) < 4.78 is 27.9. The third kappa shape index (κ3) is 4.33. The van der Waals surface area contributed by atoms with Crippen LogP contribution in [0.15, 0.2) is 34.7 Å². The number of sulfonamides is 1. The molecule has 0 unspecified atom stereocenters. The van der Waals surface area contributed by atoms with E-state index in [1.165, 1.54) is 43.4 Å². The molecule has 0 atom stereocenters. The molecule has 0 amide bonds. The number of thiophene rings is 1. The van der Waals surface area contributed by atoms with Crippen molar-refractivity contribution in [3.05, 3.63) is 35.3 Å². The fraction of sp³-hybridized carbons (Fsp3) is 0.500. The molecule has 0 saturated heterocycles. The Morgan fingerprint density at radius 1 is 1.20 bits per heavy atom. The summed E-state index contributed by atoms with van der Waals surface area (Å²) in [4.78, 5) is 7.73. The van der Waals surface area contributed by atoms with Crippen molar-refractivity contribution in [2.45, 2.75) is 55.7 Å². The first-order chi connectivity index (χ1) is 12.0. The first kappa shape index (κ1) is 18.2. The van der Waals surface area contributed by atoms with Crippen LogP contribution in [0.4, 0.5) is 11.5 Å². The maximum absolute atomic E-state index is 12.5. The standard InChI is InChI=1S/C18H25N3O2S2/c1-3-16-10-12-18(24-16)25(22,23)20-14-9-11-17(19-13-14)21(2)15-7-5-4-6-8-15/h9-13,15,20H,3-8H2,1-2H3. The summed E-state index contributed by atoms with van der Waals surface area (Å²) in [5.41, 5.74) is 0.493. The van der Waals surface area contributed by atoms with Crippen LogP contribution >= 0.6 is 11.3 Å². The van der Waals surface area contributed by atoms with Crippen molar-refractivity contribution in [3.63, 3.8) is 0 Å². The van der Waals surface area contributed by atoms with Crippen LogP contribution < -0.4 is 9.62 Å². The lowest BCUT2D eigenvalue weighted by Gasteiger charge is -2.32. The summed E-state index contributed by atoms with van der Waals surface area (Å²) in [5, 5.41) is 0. The number of aromatic nitrogens is 1. The number of nitrogens with one attached hydrogen (secondary N) is 1. The van der Waals surface area contributed by atoms with E-state index in [1.807, 2.05) is 19.1 Å². The Kier molecular flexibility index (Phi) is 5.64. The van der Waals surface area contributed by atoms with Crippen molar-refractivity contribution in [1.29, 1.82) is 0 Å². The Hall–Kier alpha value is -1.60. The molecule has 0 spiro atoms. The summed E-state index contributed by atoms with van der Waals surface area (Å²) >= 11 is 1.31. The molecule has 136 valence electrons. The summed E-state index contributed by atoms with van der Waals surface area (Å²) in [6.45, 7) is 2.02. The summed E-state index contributed by atoms with van der Waals surface area (Å²) in [6.07, 6.45) is 8.70. The van der Waals surface area contributed by atoms with Gasteiger partial charge in [-0.05, 0) is 43.5 Å². The van der Waals surface area contributed by atoms with Gasteiger partial charge in [0, 0.05) is 18.0 Å². The second-order valence-electron chi connectivity index (χ2n) is 6.49. The number of hydrogen-bond acceptors (Lipinski definition) is 5. The number of pyridine rings is 1. The summed E-state index contributed by atoms with van der Waals surface area (Å²) in [5.74, 6) is 0.888. The SMILES string of the molecule is CCc1ccc(S(=O)(=O)Nc2ccc(N(C)C3CCCCC3)nc2)s1. The van der Waals surface area contributed by atoms with Gasteiger partial charge in [-0.1, -0.05) is 26.2 Å². The Morgan fingerprint density at radius 2 is 1.96 bits per heavy atom. The molecular weight excluding hydrogens is 354 g/mol. The van der Waals surface area contributed by atoms with E-state index < -0.39 is 10.0 Å². The highest BCUT2D eigenvalue weighted by molar-refractivity contribution is 7.94. The number of hydrogen-bond donors (Lipinski definition) is 1. The second kappa shape index (κ2) is 7.74. The van der Waals surface area contributed by atoms with Gasteiger partial charge in [-0.15, -0.1) is 11.3 Å². The van der Waals surface area contributed by atoms with Gasteiger partial charge in [0.05, 0.1) is 11.9 Å². The van der Waals surface area contributed by atoms with Crippen molar-refractivity contribution in [2.24, 2.45) is 0 Å². The van der Waals surface area contributed by atoms with Crippen LogP contribution in [-0.2, 0) is 16.4 Å². The van der Waals surface area contributed by atoms with E-state index in [0.717, 1.165) is 17.1 Å². The van der Waals surface area contributed by atoms with E-state index in [9.17, 15) is 8.42 Å². The van der Waals surface area contributed by atoms with Crippen LogP contribution in [0.5, 0.6) is 0 Å². The Bertz CT molecular complexity index is 794. The normalized spacial score (nSPS) is 15.9. The molecule has 0 aliphatic heterocycles.